The topological polar surface area (TPSA) is 99.6 Å². The van der Waals surface area contributed by atoms with Crippen LogP contribution in [0.15, 0.2) is 18.2 Å². The Morgan fingerprint density at radius 3 is 2.90 bits per heavy atom. The monoisotopic (exact) mass is 313 g/mol. The van der Waals surface area contributed by atoms with Crippen LogP contribution in [-0.4, -0.2) is 41.4 Å². The number of piperidine rings is 1. The van der Waals surface area contributed by atoms with Crippen molar-refractivity contribution < 1.29 is 18.3 Å². The molecule has 116 valence electrons. The number of hydrogen-bond donors (Lipinski definition) is 2. The largest absolute Gasteiger partial charge is 0.480 e. The normalized spacial score (nSPS) is 20.3. The van der Waals surface area contributed by atoms with Gasteiger partial charge in [-0.05, 0) is 38.3 Å². The number of carboxylic acid groups (broad SMARTS) is 1. The second-order valence-corrected chi connectivity index (χ2v) is 6.76. The molecule has 1 aliphatic rings. The maximum absolute atomic E-state index is 12.3. The molecule has 0 saturated carbocycles. The van der Waals surface area contributed by atoms with E-state index in [1.54, 1.807) is 12.1 Å². The molecule has 0 aliphatic carbocycles. The Balaban J connectivity index is 2.08. The van der Waals surface area contributed by atoms with Crippen molar-refractivity contribution in [2.45, 2.75) is 38.8 Å². The van der Waals surface area contributed by atoms with Crippen LogP contribution in [0.2, 0.25) is 0 Å². The van der Waals surface area contributed by atoms with E-state index in [1.807, 2.05) is 13.0 Å². The number of aryl methyl sites for hydroxylation is 1. The Kier molecular flexibility index (Phi) is 4.92. The van der Waals surface area contributed by atoms with E-state index in [2.05, 4.69) is 9.71 Å². The summed E-state index contributed by atoms with van der Waals surface area (Å²) in [6, 6.07) is 4.36. The molecule has 0 bridgehead atoms. The lowest BCUT2D eigenvalue weighted by Crippen LogP contribution is -2.51. The molecular formula is C13H19N3O4S. The molecule has 2 heterocycles. The van der Waals surface area contributed by atoms with Crippen molar-refractivity contribution in [2.75, 3.05) is 6.54 Å². The van der Waals surface area contributed by atoms with E-state index in [0.717, 1.165) is 16.4 Å². The number of carbonyl (C=O) groups is 1. The second-order valence-electron chi connectivity index (χ2n) is 5.06. The lowest BCUT2D eigenvalue weighted by molar-refractivity contribution is -0.142. The highest BCUT2D eigenvalue weighted by molar-refractivity contribution is 7.87. The van der Waals surface area contributed by atoms with Gasteiger partial charge in [0.05, 0.1) is 12.2 Å². The van der Waals surface area contributed by atoms with Crippen LogP contribution in [0.4, 0.5) is 0 Å². The Morgan fingerprint density at radius 2 is 2.24 bits per heavy atom. The van der Waals surface area contributed by atoms with Gasteiger partial charge in [-0.3, -0.25) is 9.78 Å². The van der Waals surface area contributed by atoms with Gasteiger partial charge >= 0.3 is 5.97 Å². The van der Waals surface area contributed by atoms with Crippen LogP contribution in [-0.2, 0) is 21.5 Å². The van der Waals surface area contributed by atoms with E-state index >= 15 is 0 Å². The summed E-state index contributed by atoms with van der Waals surface area (Å²) in [6.07, 6.45) is 1.74. The number of pyridine rings is 1. The Bertz CT molecular complexity index is 618. The number of aliphatic carboxylic acids is 1. The van der Waals surface area contributed by atoms with E-state index in [1.165, 1.54) is 0 Å². The van der Waals surface area contributed by atoms with Gasteiger partial charge in [0, 0.05) is 12.2 Å². The van der Waals surface area contributed by atoms with Gasteiger partial charge in [-0.25, -0.2) is 0 Å². The number of aromatic nitrogens is 1. The summed E-state index contributed by atoms with van der Waals surface area (Å²) in [5, 5.41) is 9.15. The highest BCUT2D eigenvalue weighted by Crippen LogP contribution is 2.20. The fraction of sp³-hybridized carbons (Fsp3) is 0.538. The molecular weight excluding hydrogens is 294 g/mol. The van der Waals surface area contributed by atoms with Gasteiger partial charge in [0.2, 0.25) is 0 Å². The molecule has 2 N–H and O–H groups in total. The molecule has 1 atom stereocenters. The lowest BCUT2D eigenvalue weighted by atomic mass is 10.1. The van der Waals surface area contributed by atoms with Crippen LogP contribution in [0.3, 0.4) is 0 Å². The smallest absolute Gasteiger partial charge is 0.322 e. The van der Waals surface area contributed by atoms with Gasteiger partial charge in [0.15, 0.2) is 0 Å². The van der Waals surface area contributed by atoms with Crippen molar-refractivity contribution in [1.29, 1.82) is 0 Å². The molecule has 1 unspecified atom stereocenters. The maximum atomic E-state index is 12.3. The van der Waals surface area contributed by atoms with E-state index in [-0.39, 0.29) is 13.1 Å². The first-order valence-electron chi connectivity index (χ1n) is 6.82. The van der Waals surface area contributed by atoms with Gasteiger partial charge in [0.25, 0.3) is 10.2 Å². The molecule has 2 rings (SSSR count). The molecule has 8 heteroatoms. The molecule has 21 heavy (non-hydrogen) atoms. The van der Waals surface area contributed by atoms with Crippen LogP contribution in [0.25, 0.3) is 0 Å². The molecule has 1 saturated heterocycles. The molecule has 0 amide bonds. The van der Waals surface area contributed by atoms with Crippen molar-refractivity contribution in [3.8, 4) is 0 Å². The third kappa shape index (κ3) is 3.99. The van der Waals surface area contributed by atoms with Crippen LogP contribution >= 0.6 is 0 Å². The molecule has 1 aliphatic heterocycles. The second kappa shape index (κ2) is 6.50. The van der Waals surface area contributed by atoms with Gasteiger partial charge in [-0.2, -0.15) is 17.4 Å². The van der Waals surface area contributed by atoms with Crippen LogP contribution in [0.1, 0.15) is 30.7 Å². The minimum Gasteiger partial charge on any atom is -0.480 e. The number of rotatable bonds is 5. The number of carboxylic acids is 1. The first-order chi connectivity index (χ1) is 9.90. The van der Waals surface area contributed by atoms with Crippen molar-refractivity contribution in [3.05, 3.63) is 29.6 Å². The standard InChI is InChI=1S/C13H19N3O4S/c1-10-5-4-6-11(15-10)9-14-21(19,20)16-8-3-2-7-12(16)13(17)18/h4-6,12,14H,2-3,7-9H2,1H3,(H,17,18). The Hall–Kier alpha value is -1.51. The molecule has 1 aromatic heterocycles. The lowest BCUT2D eigenvalue weighted by Gasteiger charge is -2.31. The SMILES string of the molecule is Cc1cccc(CNS(=O)(=O)N2CCCCC2C(=O)O)n1. The summed E-state index contributed by atoms with van der Waals surface area (Å²) >= 11 is 0. The minimum atomic E-state index is -3.83. The summed E-state index contributed by atoms with van der Waals surface area (Å²) < 4.78 is 28.0. The Morgan fingerprint density at radius 1 is 1.48 bits per heavy atom. The molecule has 1 aromatic rings. The summed E-state index contributed by atoms with van der Waals surface area (Å²) in [5.41, 5.74) is 1.40. The zero-order valence-corrected chi connectivity index (χ0v) is 12.6. The van der Waals surface area contributed by atoms with E-state index in [4.69, 9.17) is 5.11 Å². The summed E-state index contributed by atoms with van der Waals surface area (Å²) in [4.78, 5) is 15.4. The molecule has 1 fully saturated rings. The summed E-state index contributed by atoms with van der Waals surface area (Å²) in [7, 11) is -3.83. The summed E-state index contributed by atoms with van der Waals surface area (Å²) in [5.74, 6) is -1.10. The van der Waals surface area contributed by atoms with Crippen LogP contribution in [0, 0.1) is 6.92 Å². The molecule has 7 nitrogen and oxygen atoms in total. The number of hydrogen-bond acceptors (Lipinski definition) is 4. The van der Waals surface area contributed by atoms with Gasteiger partial charge < -0.3 is 5.11 Å². The van der Waals surface area contributed by atoms with Gasteiger partial charge in [0.1, 0.15) is 6.04 Å². The highest BCUT2D eigenvalue weighted by atomic mass is 32.2. The van der Waals surface area contributed by atoms with Crippen molar-refractivity contribution in [2.24, 2.45) is 0 Å². The van der Waals surface area contributed by atoms with Crippen molar-refractivity contribution in [3.63, 3.8) is 0 Å². The highest BCUT2D eigenvalue weighted by Gasteiger charge is 2.36. The fourth-order valence-electron chi connectivity index (χ4n) is 2.39. The van der Waals surface area contributed by atoms with Crippen LogP contribution < -0.4 is 4.72 Å². The van der Waals surface area contributed by atoms with Crippen LogP contribution in [0.5, 0.6) is 0 Å². The van der Waals surface area contributed by atoms with Gasteiger partial charge in [-0.15, -0.1) is 0 Å². The van der Waals surface area contributed by atoms with Crippen molar-refractivity contribution >= 4 is 16.2 Å². The average Bonchev–Trinajstić information content (AvgIpc) is 2.45. The third-order valence-electron chi connectivity index (χ3n) is 3.43. The van der Waals surface area contributed by atoms with E-state index in [0.29, 0.717) is 18.5 Å². The molecule has 0 spiro atoms. The Labute approximate surface area is 124 Å². The molecule has 0 radical (unpaired) electrons. The van der Waals surface area contributed by atoms with Crippen molar-refractivity contribution in [1.82, 2.24) is 14.0 Å². The van der Waals surface area contributed by atoms with E-state index in [9.17, 15) is 13.2 Å². The van der Waals surface area contributed by atoms with Gasteiger partial charge in [-0.1, -0.05) is 6.07 Å². The summed E-state index contributed by atoms with van der Waals surface area (Å²) in [6.45, 7) is 2.10. The predicted octanol–water partition coefficient (Wildman–Crippen LogP) is 0.664. The average molecular weight is 313 g/mol. The number of nitrogens with one attached hydrogen (secondary N) is 1. The fourth-order valence-corrected chi connectivity index (χ4v) is 3.78. The zero-order chi connectivity index (χ0) is 15.5. The maximum Gasteiger partial charge on any atom is 0.322 e. The number of nitrogens with zero attached hydrogens (tertiary/aromatic N) is 2. The quantitative estimate of drug-likeness (QED) is 0.832. The predicted molar refractivity (Wildman–Crippen MR) is 76.7 cm³/mol. The first-order valence-corrected chi connectivity index (χ1v) is 8.26. The van der Waals surface area contributed by atoms with E-state index < -0.39 is 22.2 Å². The molecule has 0 aromatic carbocycles. The first kappa shape index (κ1) is 15.9. The third-order valence-corrected chi connectivity index (χ3v) is 4.99. The zero-order valence-electron chi connectivity index (χ0n) is 11.8. The minimum absolute atomic E-state index is 0.0485.